The van der Waals surface area contributed by atoms with Gasteiger partial charge in [-0.3, -0.25) is 0 Å². The summed E-state index contributed by atoms with van der Waals surface area (Å²) in [6.45, 7) is 0. The molecule has 0 atom stereocenters. The third-order valence-electron chi connectivity index (χ3n) is 0. The number of rotatable bonds is 0. The summed E-state index contributed by atoms with van der Waals surface area (Å²) in [5.74, 6) is 0. The van der Waals surface area contributed by atoms with Gasteiger partial charge in [0.05, 0.1) is 0 Å². The van der Waals surface area contributed by atoms with Crippen molar-refractivity contribution in [1.29, 1.82) is 0 Å². The molecule has 8 heavy (non-hydrogen) atoms. The van der Waals surface area contributed by atoms with Crippen LogP contribution in [-0.2, 0) is 69.0 Å². The van der Waals surface area contributed by atoms with Crippen LogP contribution in [0.3, 0.4) is 0 Å². The molecule has 0 aliphatic rings. The summed E-state index contributed by atoms with van der Waals surface area (Å²) in [5.41, 5.74) is 0. The minimum atomic E-state index is -5.39. The van der Waals surface area contributed by atoms with Gasteiger partial charge in [0.2, 0.25) is 0 Å². The molecule has 0 spiro atoms. The molecule has 4 nitrogen and oxygen atoms in total. The molecule has 0 aromatic heterocycles. The van der Waals surface area contributed by atoms with Gasteiger partial charge in [0.25, 0.3) is 0 Å². The van der Waals surface area contributed by atoms with Crippen molar-refractivity contribution in [1.82, 2.24) is 0 Å². The second kappa shape index (κ2) is 9.20. The summed E-state index contributed by atoms with van der Waals surface area (Å²) >= 11 is 0. The first-order valence-electron chi connectivity index (χ1n) is 0.730. The molecule has 40 valence electrons. The van der Waals surface area contributed by atoms with E-state index in [1.165, 1.54) is 0 Å². The molecule has 8 heteroatoms. The van der Waals surface area contributed by atoms with Crippen LogP contribution in [0, 0.1) is 0 Å². The Balaban J connectivity index is -0.0000000267. The molecule has 0 rings (SSSR count). The van der Waals surface area contributed by atoms with Gasteiger partial charge >= 0.3 is 64.4 Å². The van der Waals surface area contributed by atoms with Crippen LogP contribution in [0.5, 0.6) is 0 Å². The smallest absolute Gasteiger partial charge is 0.822 e. The molecule has 0 aliphatic carbocycles. The molecule has 0 radical (unpaired) electrons. The van der Waals surface area contributed by atoms with Crippen LogP contribution in [0.2, 0.25) is 0 Å². The summed E-state index contributed by atoms with van der Waals surface area (Å²) in [7, 11) is -5.39. The molecule has 0 bridgehead atoms. The predicted octanol–water partition coefficient (Wildman–Crippen LogP) is -2.83. The van der Waals surface area contributed by atoms with E-state index in [4.69, 9.17) is 19.2 Å². The van der Waals surface area contributed by atoms with Crippen molar-refractivity contribution in [3.63, 3.8) is 0 Å². The van der Waals surface area contributed by atoms with Gasteiger partial charge in [-0.25, -0.2) is 0 Å². The van der Waals surface area contributed by atoms with E-state index in [-0.39, 0.29) is 64.4 Å². The SMILES string of the molecule is O=P([O-])([O-])[O-].[Ni+2].[Ti+4].[Zr+4]. The Kier molecular flexibility index (Phi) is 25.8. The molecular formula is NiO4PTiZr+7. The van der Waals surface area contributed by atoms with E-state index in [0.717, 1.165) is 0 Å². The largest absolute Gasteiger partial charge is 4.00 e. The summed E-state index contributed by atoms with van der Waals surface area (Å²) in [6, 6.07) is 0. The van der Waals surface area contributed by atoms with Crippen LogP contribution in [0.25, 0.3) is 0 Å². The molecule has 0 fully saturated rings. The Morgan fingerprint density at radius 1 is 1.12 bits per heavy atom. The molecule has 0 saturated heterocycles. The first-order chi connectivity index (χ1) is 2.00. The second-order valence-electron chi connectivity index (χ2n) is 0.447. The van der Waals surface area contributed by atoms with E-state index >= 15 is 0 Å². The van der Waals surface area contributed by atoms with Crippen LogP contribution in [0.4, 0.5) is 0 Å². The van der Waals surface area contributed by atoms with Gasteiger partial charge < -0.3 is 19.2 Å². The summed E-state index contributed by atoms with van der Waals surface area (Å²) in [5, 5.41) is 0. The molecule has 0 amide bonds. The number of hydrogen-bond donors (Lipinski definition) is 0. The molecule has 0 saturated carbocycles. The van der Waals surface area contributed by atoms with Crippen LogP contribution in [0.1, 0.15) is 0 Å². The third kappa shape index (κ3) is 87.8. The van der Waals surface area contributed by atoms with E-state index < -0.39 is 7.82 Å². The zero-order chi connectivity index (χ0) is 4.50. The van der Waals surface area contributed by atoms with Crippen molar-refractivity contribution < 1.29 is 83.7 Å². The standard InChI is InChI=1S/Ni.H3O4P.Ti.Zr/c;1-5(2,3)4;;/h;(H3,1,2,3,4);;/q+2;;2*+4/p-3. The quantitative estimate of drug-likeness (QED) is 0.356. The minimum Gasteiger partial charge on any atom is -0.822 e. The van der Waals surface area contributed by atoms with Gasteiger partial charge in [-0.05, 0) is 0 Å². The van der Waals surface area contributed by atoms with Crippen LogP contribution < -0.4 is 14.7 Å². The zero-order valence-electron chi connectivity index (χ0n) is 3.40. The monoisotopic (exact) mass is 291 g/mol. The van der Waals surface area contributed by atoms with Gasteiger partial charge in [-0.2, -0.15) is 7.82 Å². The summed E-state index contributed by atoms with van der Waals surface area (Å²) in [4.78, 5) is 25.6. The molecule has 0 unspecified atom stereocenters. The predicted molar refractivity (Wildman–Crippen MR) is 7.61 cm³/mol. The topological polar surface area (TPSA) is 86.2 Å². The van der Waals surface area contributed by atoms with E-state index in [2.05, 4.69) is 0 Å². The van der Waals surface area contributed by atoms with Crippen molar-refractivity contribution in [3.05, 3.63) is 0 Å². The summed E-state index contributed by atoms with van der Waals surface area (Å²) < 4.78 is 8.55. The van der Waals surface area contributed by atoms with Gasteiger partial charge in [0.1, 0.15) is 0 Å². The van der Waals surface area contributed by atoms with Gasteiger partial charge in [-0.1, -0.05) is 0 Å². The second-order valence-corrected chi connectivity index (χ2v) is 1.34. The summed E-state index contributed by atoms with van der Waals surface area (Å²) in [6.07, 6.45) is 0. The van der Waals surface area contributed by atoms with Crippen molar-refractivity contribution in [2.75, 3.05) is 0 Å². The van der Waals surface area contributed by atoms with E-state index in [0.29, 0.717) is 0 Å². The van der Waals surface area contributed by atoms with Gasteiger partial charge in [0, 0.05) is 0 Å². The molecule has 0 aliphatic heterocycles. The average molecular weight is 293 g/mol. The molecule has 0 heterocycles. The maximum absolute atomic E-state index is 8.55. The van der Waals surface area contributed by atoms with Crippen molar-refractivity contribution in [2.45, 2.75) is 0 Å². The average Bonchev–Trinajstić information content (AvgIpc) is 0.722. The van der Waals surface area contributed by atoms with Gasteiger partial charge in [-0.15, -0.1) is 0 Å². The van der Waals surface area contributed by atoms with Crippen molar-refractivity contribution in [3.8, 4) is 0 Å². The molecule has 0 N–H and O–H groups in total. The van der Waals surface area contributed by atoms with Crippen molar-refractivity contribution >= 4 is 7.82 Å². The zero-order valence-corrected chi connectivity index (χ0v) is 9.30. The minimum absolute atomic E-state index is 0. The van der Waals surface area contributed by atoms with Crippen molar-refractivity contribution in [2.24, 2.45) is 0 Å². The normalized spacial score (nSPS) is 7.38. The van der Waals surface area contributed by atoms with E-state index in [1.54, 1.807) is 0 Å². The molecule has 0 aromatic rings. The van der Waals surface area contributed by atoms with Crippen LogP contribution in [-0.4, -0.2) is 0 Å². The maximum Gasteiger partial charge on any atom is 4.00 e. The first kappa shape index (κ1) is 22.5. The Morgan fingerprint density at radius 2 is 1.12 bits per heavy atom. The fraction of sp³-hybridized carbons (Fsp3) is 0. The molecule has 0 aromatic carbocycles. The number of phosphoric acid groups is 1. The van der Waals surface area contributed by atoms with E-state index in [9.17, 15) is 0 Å². The third-order valence-corrected chi connectivity index (χ3v) is 0. The molecular weight excluding hydrogens is 293 g/mol. The van der Waals surface area contributed by atoms with Crippen LogP contribution >= 0.6 is 7.82 Å². The Hall–Kier alpha value is 2.20. The Morgan fingerprint density at radius 3 is 1.12 bits per heavy atom. The number of hydrogen-bond acceptors (Lipinski definition) is 4. The Bertz CT molecular complexity index is 62.2. The van der Waals surface area contributed by atoms with E-state index in [1.807, 2.05) is 0 Å². The Labute approximate surface area is 90.6 Å². The van der Waals surface area contributed by atoms with Gasteiger partial charge in [0.15, 0.2) is 0 Å². The van der Waals surface area contributed by atoms with Crippen LogP contribution in [0.15, 0.2) is 0 Å². The maximum atomic E-state index is 8.55. The fourth-order valence-corrected chi connectivity index (χ4v) is 0. The fourth-order valence-electron chi connectivity index (χ4n) is 0. The first-order valence-corrected chi connectivity index (χ1v) is 2.19.